The number of carbonyl (C=O) groups is 1. The standard InChI is InChI=1S/C20H18N4O2/c1-2-14(13-8-4-3-5-9-13)19(26)22-17-12-18(25)23-20-21-15-10-6-7-11-16(15)24(17)20/h3-12,14H,2H2,1H3,(H,22,26)(H,21,23,25). The minimum Gasteiger partial charge on any atom is -0.311 e. The number of nitrogens with zero attached hydrogens (tertiary/aromatic N) is 2. The van der Waals surface area contributed by atoms with Crippen molar-refractivity contribution in [3.63, 3.8) is 0 Å². The lowest BCUT2D eigenvalue weighted by Gasteiger charge is -2.16. The Balaban J connectivity index is 1.79. The minimum absolute atomic E-state index is 0.150. The molecule has 0 fully saturated rings. The molecule has 0 radical (unpaired) electrons. The Bertz CT molecular complexity index is 1140. The SMILES string of the molecule is CCC(C(=O)Nc1cc(=O)[nH]c2nc3ccccc3n12)c1ccccc1. The smallest absolute Gasteiger partial charge is 0.254 e. The van der Waals surface area contributed by atoms with Crippen molar-refractivity contribution in [1.82, 2.24) is 14.4 Å². The van der Waals surface area contributed by atoms with Crippen LogP contribution in [-0.2, 0) is 4.79 Å². The number of rotatable bonds is 4. The number of carbonyl (C=O) groups excluding carboxylic acids is 1. The van der Waals surface area contributed by atoms with E-state index in [9.17, 15) is 9.59 Å². The van der Waals surface area contributed by atoms with Crippen molar-refractivity contribution >= 4 is 28.5 Å². The van der Waals surface area contributed by atoms with Gasteiger partial charge in [-0.15, -0.1) is 0 Å². The summed E-state index contributed by atoms with van der Waals surface area (Å²) >= 11 is 0. The summed E-state index contributed by atoms with van der Waals surface area (Å²) in [4.78, 5) is 32.0. The first kappa shape index (κ1) is 16.1. The van der Waals surface area contributed by atoms with Crippen LogP contribution in [0.25, 0.3) is 16.8 Å². The molecule has 1 unspecified atom stereocenters. The number of aromatic amines is 1. The Labute approximate surface area is 149 Å². The van der Waals surface area contributed by atoms with Crippen LogP contribution in [0.15, 0.2) is 65.5 Å². The number of imidazole rings is 1. The largest absolute Gasteiger partial charge is 0.311 e. The monoisotopic (exact) mass is 346 g/mol. The lowest BCUT2D eigenvalue weighted by molar-refractivity contribution is -0.117. The summed E-state index contributed by atoms with van der Waals surface area (Å²) in [5, 5.41) is 2.92. The number of hydrogen-bond donors (Lipinski definition) is 2. The second kappa shape index (κ2) is 6.48. The van der Waals surface area contributed by atoms with Gasteiger partial charge < -0.3 is 5.32 Å². The van der Waals surface area contributed by atoms with E-state index in [1.54, 1.807) is 4.40 Å². The van der Waals surface area contributed by atoms with Crippen molar-refractivity contribution in [2.75, 3.05) is 5.32 Å². The van der Waals surface area contributed by atoms with E-state index in [-0.39, 0.29) is 17.4 Å². The van der Waals surface area contributed by atoms with Gasteiger partial charge in [-0.3, -0.25) is 19.0 Å². The summed E-state index contributed by atoms with van der Waals surface area (Å²) in [5.41, 5.74) is 2.21. The Morgan fingerprint density at radius 1 is 1.15 bits per heavy atom. The zero-order valence-electron chi connectivity index (χ0n) is 14.3. The van der Waals surface area contributed by atoms with E-state index in [0.717, 1.165) is 16.6 Å². The van der Waals surface area contributed by atoms with E-state index in [2.05, 4.69) is 15.3 Å². The van der Waals surface area contributed by atoms with Crippen molar-refractivity contribution in [3.8, 4) is 0 Å². The summed E-state index contributed by atoms with van der Waals surface area (Å²) in [7, 11) is 0. The van der Waals surface area contributed by atoms with E-state index < -0.39 is 0 Å². The summed E-state index contributed by atoms with van der Waals surface area (Å²) < 4.78 is 1.76. The first-order valence-electron chi connectivity index (χ1n) is 8.53. The van der Waals surface area contributed by atoms with E-state index in [1.165, 1.54) is 6.07 Å². The van der Waals surface area contributed by atoms with Crippen LogP contribution in [-0.4, -0.2) is 20.3 Å². The number of fused-ring (bicyclic) bond motifs is 3. The molecule has 0 aliphatic rings. The molecule has 0 aliphatic heterocycles. The first-order valence-corrected chi connectivity index (χ1v) is 8.53. The predicted octanol–water partition coefficient (Wildman–Crippen LogP) is 3.31. The Morgan fingerprint density at radius 3 is 2.65 bits per heavy atom. The molecule has 130 valence electrons. The number of anilines is 1. The third kappa shape index (κ3) is 2.75. The first-order chi connectivity index (χ1) is 12.7. The fraction of sp³-hybridized carbons (Fsp3) is 0.150. The Morgan fingerprint density at radius 2 is 1.88 bits per heavy atom. The molecule has 0 saturated carbocycles. The molecule has 0 spiro atoms. The topological polar surface area (TPSA) is 79.3 Å². The van der Waals surface area contributed by atoms with Crippen molar-refractivity contribution in [1.29, 1.82) is 0 Å². The van der Waals surface area contributed by atoms with E-state index in [4.69, 9.17) is 0 Å². The average Bonchev–Trinajstić information content (AvgIpc) is 3.01. The highest BCUT2D eigenvalue weighted by Crippen LogP contribution is 2.23. The van der Waals surface area contributed by atoms with Gasteiger partial charge in [0.15, 0.2) is 0 Å². The molecule has 2 heterocycles. The fourth-order valence-electron chi connectivity index (χ4n) is 3.25. The third-order valence-corrected chi connectivity index (χ3v) is 4.48. The highest BCUT2D eigenvalue weighted by Gasteiger charge is 2.20. The summed E-state index contributed by atoms with van der Waals surface area (Å²) in [6, 6.07) is 18.6. The number of aromatic nitrogens is 3. The number of benzene rings is 2. The molecule has 6 nitrogen and oxygen atoms in total. The minimum atomic E-state index is -0.309. The molecular weight excluding hydrogens is 328 g/mol. The summed E-state index contributed by atoms with van der Waals surface area (Å²) in [6.07, 6.45) is 0.660. The van der Waals surface area contributed by atoms with Gasteiger partial charge in [-0.05, 0) is 24.1 Å². The van der Waals surface area contributed by atoms with Crippen molar-refractivity contribution in [3.05, 3.63) is 76.6 Å². The van der Waals surface area contributed by atoms with Gasteiger partial charge in [0.25, 0.3) is 5.56 Å². The highest BCUT2D eigenvalue weighted by molar-refractivity contribution is 5.96. The van der Waals surface area contributed by atoms with Crippen LogP contribution in [0, 0.1) is 0 Å². The highest BCUT2D eigenvalue weighted by atomic mass is 16.2. The van der Waals surface area contributed by atoms with E-state index in [1.807, 2.05) is 61.5 Å². The molecule has 2 aromatic carbocycles. The zero-order chi connectivity index (χ0) is 18.1. The quantitative estimate of drug-likeness (QED) is 0.595. The van der Waals surface area contributed by atoms with Crippen LogP contribution in [0.1, 0.15) is 24.8 Å². The van der Waals surface area contributed by atoms with Crippen LogP contribution in [0.3, 0.4) is 0 Å². The molecule has 0 saturated heterocycles. The maximum Gasteiger partial charge on any atom is 0.254 e. The van der Waals surface area contributed by atoms with Gasteiger partial charge in [0, 0.05) is 6.07 Å². The summed E-state index contributed by atoms with van der Waals surface area (Å²) in [5.74, 6) is 0.377. The average molecular weight is 346 g/mol. The molecule has 1 atom stereocenters. The summed E-state index contributed by atoms with van der Waals surface area (Å²) in [6.45, 7) is 1.97. The molecule has 4 aromatic rings. The molecule has 26 heavy (non-hydrogen) atoms. The molecule has 4 rings (SSSR count). The number of nitrogens with one attached hydrogen (secondary N) is 2. The normalized spacial score (nSPS) is 12.3. The number of H-pyrrole nitrogens is 1. The lowest BCUT2D eigenvalue weighted by Crippen LogP contribution is -2.23. The van der Waals surface area contributed by atoms with Gasteiger partial charge in [-0.1, -0.05) is 49.4 Å². The van der Waals surface area contributed by atoms with Crippen LogP contribution >= 0.6 is 0 Å². The molecule has 0 bridgehead atoms. The second-order valence-corrected chi connectivity index (χ2v) is 6.14. The van der Waals surface area contributed by atoms with Gasteiger partial charge in [-0.2, -0.15) is 0 Å². The lowest BCUT2D eigenvalue weighted by atomic mass is 9.96. The van der Waals surface area contributed by atoms with Crippen LogP contribution in [0.5, 0.6) is 0 Å². The maximum absolute atomic E-state index is 12.9. The van der Waals surface area contributed by atoms with Crippen molar-refractivity contribution < 1.29 is 4.79 Å². The number of amides is 1. The predicted molar refractivity (Wildman–Crippen MR) is 101 cm³/mol. The molecule has 0 aliphatic carbocycles. The molecular formula is C20H18N4O2. The fourth-order valence-corrected chi connectivity index (χ4v) is 3.25. The Kier molecular flexibility index (Phi) is 4.01. The van der Waals surface area contributed by atoms with E-state index in [0.29, 0.717) is 18.0 Å². The van der Waals surface area contributed by atoms with Gasteiger partial charge in [0.1, 0.15) is 5.82 Å². The Hall–Kier alpha value is -3.41. The van der Waals surface area contributed by atoms with Gasteiger partial charge in [-0.25, -0.2) is 4.98 Å². The number of para-hydroxylation sites is 2. The van der Waals surface area contributed by atoms with Gasteiger partial charge in [0.05, 0.1) is 17.0 Å². The van der Waals surface area contributed by atoms with Crippen LogP contribution in [0.4, 0.5) is 5.82 Å². The molecule has 1 amide bonds. The third-order valence-electron chi connectivity index (χ3n) is 4.48. The van der Waals surface area contributed by atoms with Crippen LogP contribution in [0.2, 0.25) is 0 Å². The molecule has 2 N–H and O–H groups in total. The van der Waals surface area contributed by atoms with Gasteiger partial charge >= 0.3 is 0 Å². The number of hydrogen-bond acceptors (Lipinski definition) is 3. The maximum atomic E-state index is 12.9. The molecule has 2 aromatic heterocycles. The van der Waals surface area contributed by atoms with Crippen LogP contribution < -0.4 is 10.9 Å². The second-order valence-electron chi connectivity index (χ2n) is 6.14. The molecule has 6 heteroatoms. The van der Waals surface area contributed by atoms with E-state index >= 15 is 0 Å². The zero-order valence-corrected chi connectivity index (χ0v) is 14.3. The van der Waals surface area contributed by atoms with Gasteiger partial charge in [0.2, 0.25) is 11.7 Å². The van der Waals surface area contributed by atoms with Crippen molar-refractivity contribution in [2.45, 2.75) is 19.3 Å². The van der Waals surface area contributed by atoms with Crippen molar-refractivity contribution in [2.24, 2.45) is 0 Å².